The average Bonchev–Trinajstić information content (AvgIpc) is 2.27. The third kappa shape index (κ3) is 5.05. The van der Waals surface area contributed by atoms with E-state index in [1.165, 1.54) is 31.2 Å². The molecule has 7 heteroatoms. The van der Waals surface area contributed by atoms with Gasteiger partial charge in [-0.25, -0.2) is 0 Å². The number of ether oxygens (including phenoxy) is 1. The van der Waals surface area contributed by atoms with Crippen LogP contribution in [0.4, 0.5) is 18.9 Å². The normalized spacial score (nSPS) is 12.9. The van der Waals surface area contributed by atoms with Crippen LogP contribution in [0.2, 0.25) is 0 Å². The summed E-state index contributed by atoms with van der Waals surface area (Å²) in [5.41, 5.74) is 5.79. The van der Waals surface area contributed by atoms with Crippen LogP contribution in [0.1, 0.15) is 6.92 Å². The van der Waals surface area contributed by atoms with Crippen molar-refractivity contribution >= 4 is 11.6 Å². The Morgan fingerprint density at radius 3 is 2.39 bits per heavy atom. The highest BCUT2D eigenvalue weighted by Gasteiger charge is 2.28. The second-order valence-corrected chi connectivity index (χ2v) is 3.71. The first-order valence-corrected chi connectivity index (χ1v) is 5.14. The van der Waals surface area contributed by atoms with Gasteiger partial charge in [-0.3, -0.25) is 4.79 Å². The van der Waals surface area contributed by atoms with Crippen molar-refractivity contribution in [3.63, 3.8) is 0 Å². The van der Waals surface area contributed by atoms with Crippen molar-refractivity contribution in [1.82, 2.24) is 0 Å². The Bertz CT molecular complexity index is 402. The number of nitrogens with two attached hydrogens (primary N) is 1. The van der Waals surface area contributed by atoms with E-state index in [9.17, 15) is 18.0 Å². The van der Waals surface area contributed by atoms with Crippen molar-refractivity contribution in [2.45, 2.75) is 19.1 Å². The van der Waals surface area contributed by atoms with Crippen molar-refractivity contribution in [3.05, 3.63) is 24.3 Å². The molecule has 0 bridgehead atoms. The third-order valence-corrected chi connectivity index (χ3v) is 1.94. The van der Waals surface area contributed by atoms with Crippen LogP contribution in [0.3, 0.4) is 0 Å². The highest BCUT2D eigenvalue weighted by Crippen LogP contribution is 2.20. The number of carbonyl (C=O) groups is 1. The minimum atomic E-state index is -4.37. The molecular formula is C11H13F3N2O2. The molecule has 0 spiro atoms. The fraction of sp³-hybridized carbons (Fsp3) is 0.364. The maximum absolute atomic E-state index is 11.9. The van der Waals surface area contributed by atoms with E-state index in [-0.39, 0.29) is 11.7 Å². The Morgan fingerprint density at radius 2 is 1.94 bits per heavy atom. The molecule has 100 valence electrons. The number of halogens is 3. The molecule has 1 aromatic carbocycles. The lowest BCUT2D eigenvalue weighted by Gasteiger charge is -2.10. The van der Waals surface area contributed by atoms with Gasteiger partial charge < -0.3 is 15.8 Å². The molecule has 1 aromatic rings. The molecule has 4 nitrogen and oxygen atoms in total. The van der Waals surface area contributed by atoms with E-state index < -0.39 is 18.8 Å². The molecule has 0 radical (unpaired) electrons. The van der Waals surface area contributed by atoms with Crippen LogP contribution in [-0.4, -0.2) is 24.7 Å². The van der Waals surface area contributed by atoms with Gasteiger partial charge in [-0.15, -0.1) is 0 Å². The van der Waals surface area contributed by atoms with Crippen LogP contribution < -0.4 is 15.8 Å². The van der Waals surface area contributed by atoms with Crippen LogP contribution in [0, 0.1) is 0 Å². The van der Waals surface area contributed by atoms with Gasteiger partial charge in [0.25, 0.3) is 0 Å². The molecule has 0 aliphatic rings. The van der Waals surface area contributed by atoms with Crippen LogP contribution >= 0.6 is 0 Å². The minimum Gasteiger partial charge on any atom is -0.484 e. The summed E-state index contributed by atoms with van der Waals surface area (Å²) in [6, 6.07) is 4.88. The predicted octanol–water partition coefficient (Wildman–Crippen LogP) is 1.91. The molecule has 0 fully saturated rings. The van der Waals surface area contributed by atoms with E-state index in [0.29, 0.717) is 5.69 Å². The zero-order valence-electron chi connectivity index (χ0n) is 9.62. The summed E-state index contributed by atoms with van der Waals surface area (Å²) in [6.45, 7) is 0.175. The van der Waals surface area contributed by atoms with Gasteiger partial charge in [0.05, 0.1) is 6.04 Å². The number of hydrogen-bond acceptors (Lipinski definition) is 3. The molecule has 0 saturated carbocycles. The molecule has 1 rings (SSSR count). The van der Waals surface area contributed by atoms with Crippen LogP contribution in [-0.2, 0) is 4.79 Å². The topological polar surface area (TPSA) is 64.4 Å². The number of anilines is 1. The maximum Gasteiger partial charge on any atom is 0.422 e. The lowest BCUT2D eigenvalue weighted by Crippen LogP contribution is -2.32. The number of rotatable bonds is 4. The smallest absolute Gasteiger partial charge is 0.422 e. The maximum atomic E-state index is 11.9. The molecule has 18 heavy (non-hydrogen) atoms. The van der Waals surface area contributed by atoms with Crippen LogP contribution in [0.25, 0.3) is 0 Å². The van der Waals surface area contributed by atoms with Gasteiger partial charge in [0.15, 0.2) is 6.61 Å². The van der Waals surface area contributed by atoms with Crippen molar-refractivity contribution in [2.75, 3.05) is 11.9 Å². The number of hydrogen-bond donors (Lipinski definition) is 2. The molecule has 0 aromatic heterocycles. The van der Waals surface area contributed by atoms with Gasteiger partial charge in [-0.05, 0) is 31.2 Å². The molecule has 1 unspecified atom stereocenters. The number of benzene rings is 1. The number of alkyl halides is 3. The predicted molar refractivity (Wildman–Crippen MR) is 60.3 cm³/mol. The fourth-order valence-corrected chi connectivity index (χ4v) is 1.06. The molecule has 0 heterocycles. The first-order chi connectivity index (χ1) is 8.28. The van der Waals surface area contributed by atoms with Crippen LogP contribution in [0.15, 0.2) is 24.3 Å². The Balaban J connectivity index is 2.55. The van der Waals surface area contributed by atoms with E-state index in [1.54, 1.807) is 0 Å². The number of nitrogens with one attached hydrogen (secondary N) is 1. The van der Waals surface area contributed by atoms with Gasteiger partial charge in [-0.1, -0.05) is 0 Å². The summed E-state index contributed by atoms with van der Waals surface area (Å²) >= 11 is 0. The first kappa shape index (κ1) is 14.3. The molecule has 0 aliphatic heterocycles. The van der Waals surface area contributed by atoms with E-state index in [2.05, 4.69) is 10.1 Å². The van der Waals surface area contributed by atoms with E-state index >= 15 is 0 Å². The molecule has 1 atom stereocenters. The van der Waals surface area contributed by atoms with Crippen molar-refractivity contribution in [1.29, 1.82) is 0 Å². The summed E-state index contributed by atoms with van der Waals surface area (Å²) in [4.78, 5) is 11.2. The minimum absolute atomic E-state index is 0.0751. The van der Waals surface area contributed by atoms with Crippen molar-refractivity contribution in [2.24, 2.45) is 5.73 Å². The Hall–Kier alpha value is -1.76. The Morgan fingerprint density at radius 1 is 1.39 bits per heavy atom. The molecule has 3 N–H and O–H groups in total. The van der Waals surface area contributed by atoms with E-state index in [0.717, 1.165) is 0 Å². The highest BCUT2D eigenvalue weighted by atomic mass is 19.4. The SMILES string of the molecule is CC(N)C(=O)Nc1ccc(OCC(F)(F)F)cc1. The highest BCUT2D eigenvalue weighted by molar-refractivity contribution is 5.94. The standard InChI is InChI=1S/C11H13F3N2O2/c1-7(15)10(17)16-8-2-4-9(5-3-8)18-6-11(12,13)14/h2-5,7H,6,15H2,1H3,(H,16,17). The van der Waals surface area contributed by atoms with Crippen molar-refractivity contribution < 1.29 is 22.7 Å². The van der Waals surface area contributed by atoms with Crippen LogP contribution in [0.5, 0.6) is 5.75 Å². The zero-order chi connectivity index (χ0) is 13.8. The summed E-state index contributed by atoms with van der Waals surface area (Å²) < 4.78 is 40.2. The molecule has 1 amide bonds. The number of amides is 1. The zero-order valence-corrected chi connectivity index (χ0v) is 9.62. The van der Waals surface area contributed by atoms with Gasteiger partial charge >= 0.3 is 6.18 Å². The number of carbonyl (C=O) groups excluding carboxylic acids is 1. The molecular weight excluding hydrogens is 249 g/mol. The Kier molecular flexibility index (Phi) is 4.55. The van der Waals surface area contributed by atoms with Gasteiger partial charge in [-0.2, -0.15) is 13.2 Å². The average molecular weight is 262 g/mol. The van der Waals surface area contributed by atoms with Gasteiger partial charge in [0.2, 0.25) is 5.91 Å². The fourth-order valence-electron chi connectivity index (χ4n) is 1.06. The van der Waals surface area contributed by atoms with Gasteiger partial charge in [0.1, 0.15) is 5.75 Å². The van der Waals surface area contributed by atoms with Gasteiger partial charge in [0, 0.05) is 5.69 Å². The monoisotopic (exact) mass is 262 g/mol. The van der Waals surface area contributed by atoms with E-state index in [4.69, 9.17) is 5.73 Å². The Labute approximate surface area is 102 Å². The molecule has 0 saturated heterocycles. The lowest BCUT2D eigenvalue weighted by molar-refractivity contribution is -0.153. The summed E-state index contributed by atoms with van der Waals surface area (Å²) in [7, 11) is 0. The quantitative estimate of drug-likeness (QED) is 0.871. The van der Waals surface area contributed by atoms with Crippen molar-refractivity contribution in [3.8, 4) is 5.75 Å². The second-order valence-electron chi connectivity index (χ2n) is 3.71. The summed E-state index contributed by atoms with van der Waals surface area (Å²) in [5, 5.41) is 2.50. The molecule has 0 aliphatic carbocycles. The second kappa shape index (κ2) is 5.72. The lowest BCUT2D eigenvalue weighted by atomic mass is 10.2. The summed E-state index contributed by atoms with van der Waals surface area (Å²) in [6.07, 6.45) is -4.37. The third-order valence-electron chi connectivity index (χ3n) is 1.94. The summed E-state index contributed by atoms with van der Waals surface area (Å²) in [5.74, 6) is -0.301. The largest absolute Gasteiger partial charge is 0.484 e. The first-order valence-electron chi connectivity index (χ1n) is 5.14. The van der Waals surface area contributed by atoms with E-state index in [1.807, 2.05) is 0 Å².